The van der Waals surface area contributed by atoms with Gasteiger partial charge in [-0.3, -0.25) is 0 Å². The first-order chi connectivity index (χ1) is 10.3. The van der Waals surface area contributed by atoms with Gasteiger partial charge in [0.2, 0.25) is 6.79 Å². The molecule has 0 aromatic heterocycles. The van der Waals surface area contributed by atoms with Crippen LogP contribution in [-0.2, 0) is 6.54 Å². The quantitative estimate of drug-likeness (QED) is 0.917. The molecule has 0 radical (unpaired) electrons. The molecule has 21 heavy (non-hydrogen) atoms. The highest BCUT2D eigenvalue weighted by atomic mass is 16.7. The summed E-state index contributed by atoms with van der Waals surface area (Å²) in [6.45, 7) is 4.38. The second-order valence-electron chi connectivity index (χ2n) is 5.57. The van der Waals surface area contributed by atoms with Gasteiger partial charge in [-0.2, -0.15) is 0 Å². The van der Waals surface area contributed by atoms with Crippen molar-refractivity contribution in [3.8, 4) is 11.5 Å². The van der Waals surface area contributed by atoms with Crippen LogP contribution in [0.2, 0.25) is 0 Å². The molecule has 0 bridgehead atoms. The first-order valence-electron chi connectivity index (χ1n) is 7.29. The molecule has 2 heterocycles. The Kier molecular flexibility index (Phi) is 2.88. The van der Waals surface area contributed by atoms with Crippen molar-refractivity contribution in [1.29, 1.82) is 0 Å². The fraction of sp³-hybridized carbons (Fsp3) is 0.294. The molecule has 2 aliphatic rings. The minimum absolute atomic E-state index is 0.312. The standard InChI is InChI=1S/C17H18N2O2/c1-12-9-18-14-7-16-17(21-11-20-16)8-15(14)19(12)10-13-5-3-2-4-6-13/h2-8,12,18H,9-11H2,1H3. The van der Waals surface area contributed by atoms with Crippen molar-refractivity contribution in [3.63, 3.8) is 0 Å². The molecule has 0 saturated heterocycles. The number of hydrogen-bond donors (Lipinski definition) is 1. The molecule has 4 rings (SSSR count). The molecule has 0 spiro atoms. The lowest BCUT2D eigenvalue weighted by Gasteiger charge is -2.38. The SMILES string of the molecule is CC1CNc2cc3c(cc2N1Cc1ccccc1)OCO3. The molecule has 4 heteroatoms. The lowest BCUT2D eigenvalue weighted by atomic mass is 10.1. The van der Waals surface area contributed by atoms with E-state index < -0.39 is 0 Å². The van der Waals surface area contributed by atoms with E-state index in [4.69, 9.17) is 9.47 Å². The molecule has 108 valence electrons. The first-order valence-corrected chi connectivity index (χ1v) is 7.29. The normalized spacial score (nSPS) is 19.1. The van der Waals surface area contributed by atoms with Crippen molar-refractivity contribution in [3.05, 3.63) is 48.0 Å². The maximum absolute atomic E-state index is 5.52. The maximum atomic E-state index is 5.52. The van der Waals surface area contributed by atoms with E-state index in [-0.39, 0.29) is 0 Å². The predicted octanol–water partition coefficient (Wildman–Crippen LogP) is 3.24. The smallest absolute Gasteiger partial charge is 0.231 e. The van der Waals surface area contributed by atoms with Crippen molar-refractivity contribution in [2.24, 2.45) is 0 Å². The molecule has 4 nitrogen and oxygen atoms in total. The second kappa shape index (κ2) is 4.88. The minimum atomic E-state index is 0.312. The van der Waals surface area contributed by atoms with Crippen molar-refractivity contribution >= 4 is 11.4 Å². The Balaban J connectivity index is 1.71. The van der Waals surface area contributed by atoms with Crippen molar-refractivity contribution in [1.82, 2.24) is 0 Å². The topological polar surface area (TPSA) is 33.7 Å². The largest absolute Gasteiger partial charge is 0.454 e. The molecule has 0 saturated carbocycles. The summed E-state index contributed by atoms with van der Waals surface area (Å²) in [5, 5.41) is 3.48. The van der Waals surface area contributed by atoms with E-state index in [9.17, 15) is 0 Å². The van der Waals surface area contributed by atoms with E-state index in [1.807, 2.05) is 6.07 Å². The van der Waals surface area contributed by atoms with Crippen LogP contribution in [0.3, 0.4) is 0 Å². The summed E-state index contributed by atoms with van der Waals surface area (Å²) in [4.78, 5) is 2.42. The number of hydrogen-bond acceptors (Lipinski definition) is 4. The van der Waals surface area contributed by atoms with E-state index in [2.05, 4.69) is 53.5 Å². The maximum Gasteiger partial charge on any atom is 0.231 e. The molecule has 2 aromatic rings. The number of benzene rings is 2. The summed E-state index contributed by atoms with van der Waals surface area (Å²) in [6, 6.07) is 15.1. The molecular weight excluding hydrogens is 264 g/mol. The average Bonchev–Trinajstić information content (AvgIpc) is 2.97. The Bertz CT molecular complexity index is 657. The summed E-state index contributed by atoms with van der Waals surface area (Å²) in [7, 11) is 0. The van der Waals surface area contributed by atoms with Crippen LogP contribution in [0, 0.1) is 0 Å². The molecule has 0 aliphatic carbocycles. The monoisotopic (exact) mass is 282 g/mol. The molecule has 1 unspecified atom stereocenters. The van der Waals surface area contributed by atoms with Crippen molar-refractivity contribution in [2.45, 2.75) is 19.5 Å². The highest BCUT2D eigenvalue weighted by Gasteiger charge is 2.26. The van der Waals surface area contributed by atoms with Gasteiger partial charge in [0.25, 0.3) is 0 Å². The number of anilines is 2. The van der Waals surface area contributed by atoms with Crippen LogP contribution in [0.5, 0.6) is 11.5 Å². The Hall–Kier alpha value is -2.36. The zero-order valence-electron chi connectivity index (χ0n) is 12.0. The lowest BCUT2D eigenvalue weighted by molar-refractivity contribution is 0.174. The number of nitrogens with zero attached hydrogens (tertiary/aromatic N) is 1. The summed E-state index contributed by atoms with van der Waals surface area (Å²) in [6.07, 6.45) is 0. The number of rotatable bonds is 2. The highest BCUT2D eigenvalue weighted by molar-refractivity contribution is 5.77. The van der Waals surface area contributed by atoms with Crippen molar-refractivity contribution in [2.75, 3.05) is 23.6 Å². The molecule has 1 N–H and O–H groups in total. The number of ether oxygens (including phenoxy) is 2. The third-order valence-corrected chi connectivity index (χ3v) is 4.12. The van der Waals surface area contributed by atoms with Gasteiger partial charge < -0.3 is 19.7 Å². The summed E-state index contributed by atoms with van der Waals surface area (Å²) in [5.41, 5.74) is 3.62. The van der Waals surface area contributed by atoms with Crippen LogP contribution in [0.25, 0.3) is 0 Å². The van der Waals surface area contributed by atoms with Gasteiger partial charge in [0.15, 0.2) is 11.5 Å². The van der Waals surface area contributed by atoms with Crippen LogP contribution >= 0.6 is 0 Å². The molecule has 0 amide bonds. The third-order valence-electron chi connectivity index (χ3n) is 4.12. The van der Waals surface area contributed by atoms with Gasteiger partial charge in [0.05, 0.1) is 11.4 Å². The molecule has 1 atom stereocenters. The zero-order chi connectivity index (χ0) is 14.2. The Morgan fingerprint density at radius 2 is 1.90 bits per heavy atom. The van der Waals surface area contributed by atoms with E-state index in [1.165, 1.54) is 11.3 Å². The Morgan fingerprint density at radius 1 is 1.14 bits per heavy atom. The van der Waals surface area contributed by atoms with Gasteiger partial charge >= 0.3 is 0 Å². The zero-order valence-corrected chi connectivity index (χ0v) is 12.0. The molecule has 2 aliphatic heterocycles. The Labute approximate surface area is 124 Å². The summed E-state index contributed by atoms with van der Waals surface area (Å²) < 4.78 is 11.0. The highest BCUT2D eigenvalue weighted by Crippen LogP contribution is 2.43. The minimum Gasteiger partial charge on any atom is -0.454 e. The summed E-state index contributed by atoms with van der Waals surface area (Å²) in [5.74, 6) is 1.66. The van der Waals surface area contributed by atoms with Crippen LogP contribution in [0.1, 0.15) is 12.5 Å². The van der Waals surface area contributed by atoms with Gasteiger partial charge in [0.1, 0.15) is 0 Å². The van der Waals surface area contributed by atoms with E-state index in [0.29, 0.717) is 12.8 Å². The van der Waals surface area contributed by atoms with Gasteiger partial charge in [0, 0.05) is 31.3 Å². The van der Waals surface area contributed by atoms with Crippen LogP contribution in [0.4, 0.5) is 11.4 Å². The van der Waals surface area contributed by atoms with Gasteiger partial charge in [-0.25, -0.2) is 0 Å². The number of fused-ring (bicyclic) bond motifs is 2. The van der Waals surface area contributed by atoms with E-state index in [1.54, 1.807) is 0 Å². The van der Waals surface area contributed by atoms with Gasteiger partial charge in [-0.1, -0.05) is 30.3 Å². The lowest BCUT2D eigenvalue weighted by Crippen LogP contribution is -2.41. The van der Waals surface area contributed by atoms with Crippen LogP contribution in [-0.4, -0.2) is 19.4 Å². The molecular formula is C17H18N2O2. The fourth-order valence-corrected chi connectivity index (χ4v) is 2.94. The van der Waals surface area contributed by atoms with Crippen LogP contribution < -0.4 is 19.7 Å². The fourth-order valence-electron chi connectivity index (χ4n) is 2.94. The third kappa shape index (κ3) is 2.17. The van der Waals surface area contributed by atoms with Gasteiger partial charge in [-0.15, -0.1) is 0 Å². The average molecular weight is 282 g/mol. The predicted molar refractivity (Wildman–Crippen MR) is 83.1 cm³/mol. The molecule has 0 fully saturated rings. The van der Waals surface area contributed by atoms with E-state index >= 15 is 0 Å². The Morgan fingerprint density at radius 3 is 2.71 bits per heavy atom. The van der Waals surface area contributed by atoms with Gasteiger partial charge in [-0.05, 0) is 12.5 Å². The first kappa shape index (κ1) is 12.4. The van der Waals surface area contributed by atoms with Crippen molar-refractivity contribution < 1.29 is 9.47 Å². The number of nitrogens with one attached hydrogen (secondary N) is 1. The molecule has 2 aromatic carbocycles. The summed E-state index contributed by atoms with van der Waals surface area (Å²) >= 11 is 0. The second-order valence-corrected chi connectivity index (χ2v) is 5.57. The van der Waals surface area contributed by atoms with Crippen LogP contribution in [0.15, 0.2) is 42.5 Å². The van der Waals surface area contributed by atoms with E-state index in [0.717, 1.165) is 30.3 Å².